The van der Waals surface area contributed by atoms with Crippen LogP contribution in [0.3, 0.4) is 0 Å². The smallest absolute Gasteiger partial charge is 0.342 e. The molecule has 0 amide bonds. The number of fused-ring (bicyclic) bond motifs is 1. The molecule has 5 heteroatoms. The zero-order chi connectivity index (χ0) is 22.8. The summed E-state index contributed by atoms with van der Waals surface area (Å²) in [6, 6.07) is 34.8. The zero-order valence-corrected chi connectivity index (χ0v) is 19.4. The molecule has 1 aliphatic heterocycles. The largest absolute Gasteiger partial charge is 0.493 e. The van der Waals surface area contributed by atoms with Gasteiger partial charge in [-0.2, -0.15) is 0 Å². The second-order valence-corrected chi connectivity index (χ2v) is 11.2. The molecule has 33 heavy (non-hydrogen) atoms. The number of ether oxygens (including phenoxy) is 3. The molecule has 1 atom stereocenters. The van der Waals surface area contributed by atoms with Crippen molar-refractivity contribution in [2.75, 3.05) is 14.2 Å². The fourth-order valence-corrected chi connectivity index (χ4v) is 9.15. The van der Waals surface area contributed by atoms with E-state index < -0.39 is 13.1 Å². The van der Waals surface area contributed by atoms with Gasteiger partial charge >= 0.3 is 5.97 Å². The molecule has 5 rings (SSSR count). The molecule has 4 aromatic rings. The van der Waals surface area contributed by atoms with Gasteiger partial charge in [-0.3, -0.25) is 0 Å². The minimum absolute atomic E-state index is 0.344. The van der Waals surface area contributed by atoms with Gasteiger partial charge in [0.1, 0.15) is 15.9 Å². The monoisotopic (exact) mass is 455 g/mol. The van der Waals surface area contributed by atoms with Crippen LogP contribution in [0.1, 0.15) is 21.8 Å². The topological polar surface area (TPSA) is 44.8 Å². The first-order valence-electron chi connectivity index (χ1n) is 10.7. The van der Waals surface area contributed by atoms with Gasteiger partial charge in [-0.05, 0) is 48.5 Å². The van der Waals surface area contributed by atoms with E-state index in [1.807, 2.05) is 60.7 Å². The van der Waals surface area contributed by atoms with Crippen molar-refractivity contribution >= 4 is 29.1 Å². The van der Waals surface area contributed by atoms with Crippen LogP contribution in [0.4, 0.5) is 0 Å². The molecule has 0 spiro atoms. The molecular weight excluding hydrogens is 431 g/mol. The van der Waals surface area contributed by atoms with Crippen molar-refractivity contribution in [3.8, 4) is 11.5 Å². The lowest BCUT2D eigenvalue weighted by molar-refractivity contribution is 0.0514. The summed E-state index contributed by atoms with van der Waals surface area (Å²) in [4.78, 5) is 13.2. The zero-order valence-electron chi connectivity index (χ0n) is 18.5. The fraction of sp³-hybridized carbons (Fsp3) is 0.107. The summed E-state index contributed by atoms with van der Waals surface area (Å²) in [5.74, 6) is 0.249. The number of carbonyl (C=O) groups excluding carboxylic acids is 1. The van der Waals surface area contributed by atoms with Crippen LogP contribution in [-0.2, 0) is 4.74 Å². The van der Waals surface area contributed by atoms with E-state index in [0.717, 1.165) is 21.5 Å². The van der Waals surface area contributed by atoms with Gasteiger partial charge in [-0.15, -0.1) is 0 Å². The minimum Gasteiger partial charge on any atom is -0.493 e. The number of carbonyl (C=O) groups is 1. The van der Waals surface area contributed by atoms with Gasteiger partial charge in [-0.25, -0.2) is 4.79 Å². The average molecular weight is 455 g/mol. The number of methoxy groups -OCH3 is 2. The van der Waals surface area contributed by atoms with Crippen molar-refractivity contribution in [2.24, 2.45) is 0 Å². The Bertz CT molecular complexity index is 1180. The van der Waals surface area contributed by atoms with E-state index in [9.17, 15) is 4.79 Å². The predicted octanol–water partition coefficient (Wildman–Crippen LogP) is 4.87. The Labute approximate surface area is 194 Å². The number of hydrogen-bond donors (Lipinski definition) is 0. The lowest BCUT2D eigenvalue weighted by atomic mass is 10.1. The molecule has 0 N–H and O–H groups in total. The maximum atomic E-state index is 13.2. The van der Waals surface area contributed by atoms with Gasteiger partial charge in [0.15, 0.2) is 18.8 Å². The highest BCUT2D eigenvalue weighted by Crippen LogP contribution is 2.69. The molecule has 1 unspecified atom stereocenters. The molecule has 4 aromatic carbocycles. The number of cyclic esters (lactones) is 1. The Balaban J connectivity index is 1.87. The summed E-state index contributed by atoms with van der Waals surface area (Å²) in [7, 11) is 0.705. The Morgan fingerprint density at radius 3 is 1.52 bits per heavy atom. The van der Waals surface area contributed by atoms with Crippen molar-refractivity contribution in [3.63, 3.8) is 0 Å². The van der Waals surface area contributed by atoms with Gasteiger partial charge in [0.2, 0.25) is 5.85 Å². The standard InChI is InChI=1S/C28H24O4P/c1-30-25-18-23-24(19-26(25)31-2)28(32-27(23)29)33(20-12-6-3-7-13-20,21-14-8-4-9-15-21)22-16-10-5-11-17-22/h3-19,28H,1-2H3/q+1. The van der Waals surface area contributed by atoms with Crippen LogP contribution in [0.2, 0.25) is 0 Å². The van der Waals surface area contributed by atoms with Crippen molar-refractivity contribution < 1.29 is 19.0 Å². The first-order valence-corrected chi connectivity index (χ1v) is 12.6. The molecule has 4 nitrogen and oxygen atoms in total. The van der Waals surface area contributed by atoms with Gasteiger partial charge in [0, 0.05) is 0 Å². The molecule has 0 bridgehead atoms. The molecule has 0 saturated carbocycles. The lowest BCUT2D eigenvalue weighted by Crippen LogP contribution is -2.35. The summed E-state index contributed by atoms with van der Waals surface area (Å²) >= 11 is 0. The van der Waals surface area contributed by atoms with E-state index in [-0.39, 0.29) is 5.97 Å². The fourth-order valence-electron chi connectivity index (χ4n) is 4.63. The maximum Gasteiger partial charge on any atom is 0.342 e. The SMILES string of the molecule is COc1cc2c(cc1OC)C([P+](c1ccccc1)(c1ccccc1)c1ccccc1)OC2=O. The van der Waals surface area contributed by atoms with Crippen LogP contribution >= 0.6 is 7.26 Å². The van der Waals surface area contributed by atoms with E-state index in [4.69, 9.17) is 14.2 Å². The van der Waals surface area contributed by atoms with Gasteiger partial charge < -0.3 is 14.2 Å². The van der Waals surface area contributed by atoms with Crippen molar-refractivity contribution in [2.45, 2.75) is 5.85 Å². The van der Waals surface area contributed by atoms with E-state index in [1.165, 1.54) is 0 Å². The second kappa shape index (κ2) is 8.73. The van der Waals surface area contributed by atoms with Crippen molar-refractivity contribution in [3.05, 3.63) is 114 Å². The summed E-state index contributed by atoms with van der Waals surface area (Å²) < 4.78 is 17.3. The summed E-state index contributed by atoms with van der Waals surface area (Å²) in [6.07, 6.45) is 0. The van der Waals surface area contributed by atoms with Crippen LogP contribution < -0.4 is 25.4 Å². The Morgan fingerprint density at radius 1 is 0.667 bits per heavy atom. The number of hydrogen-bond acceptors (Lipinski definition) is 4. The molecule has 1 aliphatic rings. The van der Waals surface area contributed by atoms with Crippen LogP contribution in [0.5, 0.6) is 11.5 Å². The van der Waals surface area contributed by atoms with Crippen LogP contribution in [0.15, 0.2) is 103 Å². The predicted molar refractivity (Wildman–Crippen MR) is 133 cm³/mol. The van der Waals surface area contributed by atoms with E-state index in [2.05, 4.69) is 36.4 Å². The van der Waals surface area contributed by atoms with Gasteiger partial charge in [-0.1, -0.05) is 54.6 Å². The number of esters is 1. The van der Waals surface area contributed by atoms with Crippen LogP contribution in [-0.4, -0.2) is 20.2 Å². The molecule has 0 saturated heterocycles. The summed E-state index contributed by atoms with van der Waals surface area (Å²) in [5.41, 5.74) is 1.34. The number of benzene rings is 4. The van der Waals surface area contributed by atoms with Gasteiger partial charge in [0.05, 0.1) is 25.3 Å². The van der Waals surface area contributed by atoms with E-state index in [0.29, 0.717) is 17.1 Å². The second-order valence-electron chi connectivity index (χ2n) is 7.78. The molecule has 0 radical (unpaired) electrons. The van der Waals surface area contributed by atoms with Crippen LogP contribution in [0.25, 0.3) is 0 Å². The van der Waals surface area contributed by atoms with Crippen LogP contribution in [0, 0.1) is 0 Å². The highest BCUT2D eigenvalue weighted by molar-refractivity contribution is 7.95. The maximum absolute atomic E-state index is 13.2. The molecule has 164 valence electrons. The average Bonchev–Trinajstić information content (AvgIpc) is 3.21. The Morgan fingerprint density at radius 2 is 1.09 bits per heavy atom. The third-order valence-electron chi connectivity index (χ3n) is 6.10. The van der Waals surface area contributed by atoms with E-state index >= 15 is 0 Å². The summed E-state index contributed by atoms with van der Waals surface area (Å²) in [6.45, 7) is 0. The molecular formula is C28H24O4P+. The third kappa shape index (κ3) is 3.39. The highest BCUT2D eigenvalue weighted by Gasteiger charge is 2.59. The molecule has 1 heterocycles. The summed E-state index contributed by atoms with van der Waals surface area (Å²) in [5, 5.41) is 3.42. The minimum atomic E-state index is -2.46. The quantitative estimate of drug-likeness (QED) is 0.308. The van der Waals surface area contributed by atoms with Crippen molar-refractivity contribution in [1.29, 1.82) is 0 Å². The normalized spacial score (nSPS) is 15.0. The molecule has 0 fully saturated rings. The Hall–Kier alpha value is -3.62. The first-order chi connectivity index (χ1) is 16.2. The first kappa shape index (κ1) is 21.2. The van der Waals surface area contributed by atoms with E-state index in [1.54, 1.807) is 20.3 Å². The lowest BCUT2D eigenvalue weighted by Gasteiger charge is -2.31. The van der Waals surface area contributed by atoms with Crippen molar-refractivity contribution in [1.82, 2.24) is 0 Å². The number of rotatable bonds is 6. The molecule has 0 aromatic heterocycles. The Kier molecular flexibility index (Phi) is 5.62. The highest BCUT2D eigenvalue weighted by atomic mass is 31.2. The molecule has 0 aliphatic carbocycles. The third-order valence-corrected chi connectivity index (χ3v) is 10.5. The van der Waals surface area contributed by atoms with Gasteiger partial charge in [0.25, 0.3) is 0 Å².